The Labute approximate surface area is 153 Å². The van der Waals surface area contributed by atoms with Gasteiger partial charge in [-0.25, -0.2) is 21.6 Å². The van der Waals surface area contributed by atoms with E-state index in [0.29, 0.717) is 5.75 Å². The molecule has 2 aromatic rings. The molecule has 0 saturated heterocycles. The fraction of sp³-hybridized carbons (Fsp3) is 0.312. The van der Waals surface area contributed by atoms with E-state index in [2.05, 4.69) is 9.71 Å². The van der Waals surface area contributed by atoms with Gasteiger partial charge in [0, 0.05) is 32.0 Å². The van der Waals surface area contributed by atoms with Crippen molar-refractivity contribution in [2.45, 2.75) is 11.4 Å². The monoisotopic (exact) mass is 399 g/mol. The first kappa shape index (κ1) is 20.3. The number of sulfonamides is 2. The molecule has 0 amide bonds. The predicted octanol–water partition coefficient (Wildman–Crippen LogP) is 0.830. The van der Waals surface area contributed by atoms with E-state index in [1.165, 1.54) is 23.5 Å². The molecule has 1 aromatic carbocycles. The van der Waals surface area contributed by atoms with Crippen LogP contribution in [0.5, 0.6) is 5.75 Å². The average molecular weight is 399 g/mol. The molecule has 0 aliphatic carbocycles. The molecule has 0 unspecified atom stereocenters. The van der Waals surface area contributed by atoms with Crippen LogP contribution in [0.4, 0.5) is 0 Å². The van der Waals surface area contributed by atoms with Crippen LogP contribution in [0.15, 0.2) is 53.7 Å². The Morgan fingerprint density at radius 3 is 2.35 bits per heavy atom. The molecule has 0 saturated carbocycles. The molecule has 1 aromatic heterocycles. The molecule has 0 aliphatic heterocycles. The summed E-state index contributed by atoms with van der Waals surface area (Å²) in [5.74, 6) is 0.545. The minimum atomic E-state index is -3.74. The molecule has 0 aliphatic rings. The van der Waals surface area contributed by atoms with Gasteiger partial charge in [0.2, 0.25) is 20.0 Å². The normalized spacial score (nSPS) is 12.3. The summed E-state index contributed by atoms with van der Waals surface area (Å²) in [6, 6.07) is 9.39. The van der Waals surface area contributed by atoms with Crippen LogP contribution in [0.1, 0.15) is 5.56 Å². The first-order chi connectivity index (χ1) is 12.2. The van der Waals surface area contributed by atoms with Gasteiger partial charge in [0.25, 0.3) is 0 Å². The van der Waals surface area contributed by atoms with Crippen molar-refractivity contribution in [2.24, 2.45) is 0 Å². The van der Waals surface area contributed by atoms with Crippen molar-refractivity contribution < 1.29 is 21.6 Å². The van der Waals surface area contributed by atoms with Crippen molar-refractivity contribution in [1.29, 1.82) is 0 Å². The Morgan fingerprint density at radius 1 is 1.12 bits per heavy atom. The van der Waals surface area contributed by atoms with E-state index < -0.39 is 20.0 Å². The maximum Gasteiger partial charge on any atom is 0.240 e. The number of methoxy groups -OCH3 is 1. The maximum absolute atomic E-state index is 12.3. The van der Waals surface area contributed by atoms with Crippen molar-refractivity contribution in [2.75, 3.05) is 26.5 Å². The van der Waals surface area contributed by atoms with Crippen molar-refractivity contribution in [1.82, 2.24) is 14.0 Å². The predicted molar refractivity (Wildman–Crippen MR) is 97.7 cm³/mol. The van der Waals surface area contributed by atoms with Gasteiger partial charge in [-0.05, 0) is 35.9 Å². The molecule has 0 atom stereocenters. The average Bonchev–Trinajstić information content (AvgIpc) is 2.61. The van der Waals surface area contributed by atoms with Crippen LogP contribution in [-0.4, -0.2) is 52.6 Å². The van der Waals surface area contributed by atoms with Crippen LogP contribution in [0.3, 0.4) is 0 Å². The third-order valence-electron chi connectivity index (χ3n) is 3.57. The van der Waals surface area contributed by atoms with E-state index >= 15 is 0 Å². The summed E-state index contributed by atoms with van der Waals surface area (Å²) in [4.78, 5) is 4.03. The third-order valence-corrected chi connectivity index (χ3v) is 6.30. The summed E-state index contributed by atoms with van der Waals surface area (Å²) in [5, 5.41) is 0. The summed E-state index contributed by atoms with van der Waals surface area (Å²) >= 11 is 0. The second-order valence-corrected chi connectivity index (χ2v) is 9.28. The van der Waals surface area contributed by atoms with Crippen LogP contribution in [0.2, 0.25) is 0 Å². The molecule has 26 heavy (non-hydrogen) atoms. The van der Waals surface area contributed by atoms with Crippen LogP contribution < -0.4 is 9.46 Å². The molecule has 0 fully saturated rings. The fourth-order valence-electron chi connectivity index (χ4n) is 2.20. The molecule has 10 heteroatoms. The first-order valence-electron chi connectivity index (χ1n) is 7.70. The van der Waals surface area contributed by atoms with E-state index in [1.54, 1.807) is 36.7 Å². The van der Waals surface area contributed by atoms with Gasteiger partial charge in [0.1, 0.15) is 5.75 Å². The van der Waals surface area contributed by atoms with Gasteiger partial charge in [-0.15, -0.1) is 0 Å². The highest BCUT2D eigenvalue weighted by Gasteiger charge is 2.19. The minimum Gasteiger partial charge on any atom is -0.497 e. The van der Waals surface area contributed by atoms with E-state index in [1.807, 2.05) is 0 Å². The zero-order valence-corrected chi connectivity index (χ0v) is 16.1. The van der Waals surface area contributed by atoms with E-state index in [9.17, 15) is 16.8 Å². The lowest BCUT2D eigenvalue weighted by atomic mass is 10.3. The van der Waals surface area contributed by atoms with Gasteiger partial charge in [-0.1, -0.05) is 6.07 Å². The highest BCUT2D eigenvalue weighted by atomic mass is 32.2. The second kappa shape index (κ2) is 8.58. The van der Waals surface area contributed by atoms with Crippen molar-refractivity contribution in [3.8, 4) is 5.75 Å². The topological polar surface area (TPSA) is 106 Å². The number of rotatable bonds is 9. The number of nitrogens with one attached hydrogen (secondary N) is 1. The molecule has 1 heterocycles. The van der Waals surface area contributed by atoms with Gasteiger partial charge in [0.05, 0.1) is 18.3 Å². The number of ether oxygens (including phenoxy) is 1. The van der Waals surface area contributed by atoms with Gasteiger partial charge >= 0.3 is 0 Å². The number of hydrogen-bond donors (Lipinski definition) is 1. The van der Waals surface area contributed by atoms with E-state index in [4.69, 9.17) is 4.74 Å². The van der Waals surface area contributed by atoms with Gasteiger partial charge in [0.15, 0.2) is 0 Å². The van der Waals surface area contributed by atoms with Crippen LogP contribution in [0.25, 0.3) is 0 Å². The Balaban J connectivity index is 2.01. The molecule has 142 valence electrons. The smallest absolute Gasteiger partial charge is 0.240 e. The number of benzene rings is 1. The lowest BCUT2D eigenvalue weighted by Gasteiger charge is -2.20. The first-order valence-corrected chi connectivity index (χ1v) is 11.0. The SMILES string of the molecule is COc1ccc(S(=O)(=O)NCCN(Cc2cccnc2)S(C)(=O)=O)cc1. The molecule has 0 radical (unpaired) electrons. The Bertz CT molecular complexity index is 914. The lowest BCUT2D eigenvalue weighted by Crippen LogP contribution is -2.37. The molecule has 1 N–H and O–H groups in total. The highest BCUT2D eigenvalue weighted by Crippen LogP contribution is 2.15. The van der Waals surface area contributed by atoms with Crippen LogP contribution >= 0.6 is 0 Å². The summed E-state index contributed by atoms with van der Waals surface area (Å²) in [7, 11) is -5.75. The number of nitrogens with zero attached hydrogens (tertiary/aromatic N) is 2. The number of hydrogen-bond acceptors (Lipinski definition) is 6. The molecule has 2 rings (SSSR count). The Kier molecular flexibility index (Phi) is 6.70. The van der Waals surface area contributed by atoms with Crippen molar-refractivity contribution in [3.63, 3.8) is 0 Å². The molecule has 0 bridgehead atoms. The van der Waals surface area contributed by atoms with Gasteiger partial charge in [-0.3, -0.25) is 4.98 Å². The summed E-state index contributed by atoms with van der Waals surface area (Å²) in [5.41, 5.74) is 0.718. The number of pyridine rings is 1. The lowest BCUT2D eigenvalue weighted by molar-refractivity contribution is 0.411. The summed E-state index contributed by atoms with van der Waals surface area (Å²) in [6.45, 7) is 0.0712. The zero-order chi connectivity index (χ0) is 19.2. The van der Waals surface area contributed by atoms with Gasteiger partial charge < -0.3 is 4.74 Å². The molecular weight excluding hydrogens is 378 g/mol. The van der Waals surface area contributed by atoms with Gasteiger partial charge in [-0.2, -0.15) is 4.31 Å². The van der Waals surface area contributed by atoms with Crippen molar-refractivity contribution >= 4 is 20.0 Å². The fourth-order valence-corrected chi connectivity index (χ4v) is 4.03. The Morgan fingerprint density at radius 2 is 1.81 bits per heavy atom. The highest BCUT2D eigenvalue weighted by molar-refractivity contribution is 7.89. The zero-order valence-electron chi connectivity index (χ0n) is 14.5. The third kappa shape index (κ3) is 5.77. The minimum absolute atomic E-state index is 0.00309. The Hall–Kier alpha value is -2.01. The quantitative estimate of drug-likeness (QED) is 0.670. The van der Waals surface area contributed by atoms with E-state index in [0.717, 1.165) is 11.8 Å². The summed E-state index contributed by atoms with van der Waals surface area (Å²) in [6.07, 6.45) is 4.25. The number of aromatic nitrogens is 1. The van der Waals surface area contributed by atoms with E-state index in [-0.39, 0.29) is 24.5 Å². The molecular formula is C16H21N3O5S2. The maximum atomic E-state index is 12.3. The van der Waals surface area contributed by atoms with Crippen LogP contribution in [0, 0.1) is 0 Å². The molecule has 8 nitrogen and oxygen atoms in total. The van der Waals surface area contributed by atoms with Crippen LogP contribution in [-0.2, 0) is 26.6 Å². The summed E-state index contributed by atoms with van der Waals surface area (Å²) < 4.78 is 57.1. The largest absolute Gasteiger partial charge is 0.497 e. The second-order valence-electron chi connectivity index (χ2n) is 5.53. The molecule has 0 spiro atoms. The standard InChI is InChI=1S/C16H21N3O5S2/c1-24-15-5-7-16(8-6-15)26(22,23)18-10-11-19(25(2,20)21)13-14-4-3-9-17-12-14/h3-9,12,18H,10-11,13H2,1-2H3. The van der Waals surface area contributed by atoms with Crippen molar-refractivity contribution in [3.05, 3.63) is 54.4 Å².